The summed E-state index contributed by atoms with van der Waals surface area (Å²) in [5, 5.41) is 5.70. The highest BCUT2D eigenvalue weighted by molar-refractivity contribution is 6.00. The van der Waals surface area contributed by atoms with Crippen LogP contribution in [0.1, 0.15) is 36.5 Å². The van der Waals surface area contributed by atoms with E-state index in [-0.39, 0.29) is 11.9 Å². The zero-order valence-corrected chi connectivity index (χ0v) is 14.9. The molecule has 0 spiro atoms. The first-order valence-corrected chi connectivity index (χ1v) is 8.80. The third-order valence-electron chi connectivity index (χ3n) is 4.57. The number of fused-ring (bicyclic) bond motifs is 2. The summed E-state index contributed by atoms with van der Waals surface area (Å²) in [6, 6.07) is 5.28. The van der Waals surface area contributed by atoms with Crippen LogP contribution in [0.4, 0.5) is 16.2 Å². The number of hydrogen-bond donors (Lipinski definition) is 2. The summed E-state index contributed by atoms with van der Waals surface area (Å²) in [7, 11) is 0. The lowest BCUT2D eigenvalue weighted by Gasteiger charge is -2.16. The van der Waals surface area contributed by atoms with Crippen molar-refractivity contribution in [1.82, 2.24) is 14.9 Å². The third kappa shape index (κ3) is 3.24. The number of amides is 3. The van der Waals surface area contributed by atoms with Gasteiger partial charge in [0, 0.05) is 29.6 Å². The number of hydrogen-bond acceptors (Lipinski definition) is 4. The first kappa shape index (κ1) is 16.5. The van der Waals surface area contributed by atoms with Gasteiger partial charge in [-0.05, 0) is 29.7 Å². The average molecular weight is 351 g/mol. The minimum Gasteiger partial charge on any atom is -0.326 e. The molecular formula is C19H21N5O2. The molecule has 7 nitrogen and oxygen atoms in total. The van der Waals surface area contributed by atoms with E-state index in [2.05, 4.69) is 34.4 Å². The van der Waals surface area contributed by atoms with Gasteiger partial charge in [0.05, 0.1) is 25.2 Å². The molecule has 3 heterocycles. The Hall–Kier alpha value is -2.96. The summed E-state index contributed by atoms with van der Waals surface area (Å²) in [6.07, 6.45) is 3.02. The molecule has 2 N–H and O–H groups in total. The van der Waals surface area contributed by atoms with Crippen LogP contribution in [0.15, 0.2) is 24.4 Å². The molecule has 0 saturated carbocycles. The van der Waals surface area contributed by atoms with Gasteiger partial charge in [0.25, 0.3) is 0 Å². The molecule has 134 valence electrons. The molecule has 26 heavy (non-hydrogen) atoms. The molecule has 0 aliphatic carbocycles. The highest BCUT2D eigenvalue weighted by atomic mass is 16.2. The monoisotopic (exact) mass is 351 g/mol. The predicted octanol–water partition coefficient (Wildman–Crippen LogP) is 2.72. The van der Waals surface area contributed by atoms with E-state index < -0.39 is 0 Å². The quantitative estimate of drug-likeness (QED) is 0.890. The summed E-state index contributed by atoms with van der Waals surface area (Å²) in [5.74, 6) is 1.31. The molecule has 0 saturated heterocycles. The van der Waals surface area contributed by atoms with Crippen molar-refractivity contribution in [3.8, 4) is 0 Å². The Labute approximate surface area is 151 Å². The first-order valence-electron chi connectivity index (χ1n) is 8.80. The molecule has 4 rings (SSSR count). The number of rotatable bonds is 3. The van der Waals surface area contributed by atoms with Gasteiger partial charge in [0.2, 0.25) is 5.91 Å². The van der Waals surface area contributed by atoms with Crippen LogP contribution in [0, 0.1) is 5.92 Å². The molecule has 0 bridgehead atoms. The van der Waals surface area contributed by atoms with Crippen molar-refractivity contribution < 1.29 is 9.59 Å². The molecule has 2 aromatic rings. The van der Waals surface area contributed by atoms with Crippen LogP contribution in [-0.2, 0) is 30.7 Å². The second-order valence-corrected chi connectivity index (χ2v) is 7.24. The summed E-state index contributed by atoms with van der Waals surface area (Å²) in [6.45, 7) is 5.26. The van der Waals surface area contributed by atoms with E-state index >= 15 is 0 Å². The second kappa shape index (κ2) is 6.40. The van der Waals surface area contributed by atoms with E-state index in [1.165, 1.54) is 0 Å². The van der Waals surface area contributed by atoms with E-state index in [1.54, 1.807) is 11.0 Å². The molecule has 7 heteroatoms. The lowest BCUT2D eigenvalue weighted by molar-refractivity contribution is -0.115. The Morgan fingerprint density at radius 1 is 1.31 bits per heavy atom. The van der Waals surface area contributed by atoms with Crippen LogP contribution in [0.25, 0.3) is 0 Å². The number of aromatic nitrogens is 2. The van der Waals surface area contributed by atoms with Crippen LogP contribution in [0.5, 0.6) is 0 Å². The Balaban J connectivity index is 1.43. The van der Waals surface area contributed by atoms with Crippen molar-refractivity contribution in [3.63, 3.8) is 0 Å². The zero-order valence-electron chi connectivity index (χ0n) is 14.9. The van der Waals surface area contributed by atoms with Crippen molar-refractivity contribution in [2.75, 3.05) is 10.6 Å². The fourth-order valence-corrected chi connectivity index (χ4v) is 3.31. The van der Waals surface area contributed by atoms with Crippen LogP contribution >= 0.6 is 0 Å². The lowest BCUT2D eigenvalue weighted by Crippen LogP contribution is -2.30. The Morgan fingerprint density at radius 3 is 2.96 bits per heavy atom. The van der Waals surface area contributed by atoms with Crippen molar-refractivity contribution in [2.45, 2.75) is 39.8 Å². The van der Waals surface area contributed by atoms with Gasteiger partial charge in [-0.15, -0.1) is 0 Å². The maximum absolute atomic E-state index is 12.6. The Kier molecular flexibility index (Phi) is 4.06. The first-order chi connectivity index (χ1) is 12.5. The summed E-state index contributed by atoms with van der Waals surface area (Å²) < 4.78 is 0. The maximum Gasteiger partial charge on any atom is 0.322 e. The van der Waals surface area contributed by atoms with Gasteiger partial charge in [-0.25, -0.2) is 14.8 Å². The van der Waals surface area contributed by atoms with Gasteiger partial charge in [-0.3, -0.25) is 4.79 Å². The summed E-state index contributed by atoms with van der Waals surface area (Å²) >= 11 is 0. The Bertz CT molecular complexity index is 893. The topological polar surface area (TPSA) is 87.2 Å². The van der Waals surface area contributed by atoms with Crippen LogP contribution in [0.2, 0.25) is 0 Å². The maximum atomic E-state index is 12.6. The van der Waals surface area contributed by atoms with Crippen molar-refractivity contribution in [1.29, 1.82) is 0 Å². The fraction of sp³-hybridized carbons (Fsp3) is 0.368. The van der Waals surface area contributed by atoms with Crippen LogP contribution in [-0.4, -0.2) is 26.8 Å². The number of nitrogens with zero attached hydrogens (tertiary/aromatic N) is 3. The van der Waals surface area contributed by atoms with Gasteiger partial charge in [0.15, 0.2) is 0 Å². The van der Waals surface area contributed by atoms with Gasteiger partial charge < -0.3 is 15.5 Å². The molecule has 2 aliphatic rings. The molecule has 0 fully saturated rings. The Morgan fingerprint density at radius 2 is 2.15 bits per heavy atom. The largest absolute Gasteiger partial charge is 0.326 e. The number of carbonyl (C=O) groups is 2. The normalized spacial score (nSPS) is 15.0. The van der Waals surface area contributed by atoms with Crippen molar-refractivity contribution in [2.24, 2.45) is 5.92 Å². The molecule has 1 aromatic carbocycles. The number of carbonyl (C=O) groups excluding carboxylic acids is 2. The average Bonchev–Trinajstić information content (AvgIpc) is 3.15. The number of urea groups is 1. The molecule has 0 radical (unpaired) electrons. The third-order valence-corrected chi connectivity index (χ3v) is 4.57. The van der Waals surface area contributed by atoms with E-state index in [9.17, 15) is 9.59 Å². The smallest absolute Gasteiger partial charge is 0.322 e. The number of benzene rings is 1. The standard InChI is InChI=1S/C19H21N5O2/c1-11(2)5-17-20-8-13-9-24(10-16(13)22-17)19(26)21-14-3-4-15-12(6-14)7-18(25)23-15/h3-4,6,8,11H,5,7,9-10H2,1-2H3,(H,21,26)(H,23,25). The van der Waals surface area contributed by atoms with Crippen LogP contribution in [0.3, 0.4) is 0 Å². The lowest BCUT2D eigenvalue weighted by atomic mass is 10.1. The van der Waals surface area contributed by atoms with Gasteiger partial charge in [0.1, 0.15) is 5.82 Å². The highest BCUT2D eigenvalue weighted by Gasteiger charge is 2.26. The molecule has 1 aromatic heterocycles. The van der Waals surface area contributed by atoms with Crippen molar-refractivity contribution in [3.05, 3.63) is 47.0 Å². The number of anilines is 2. The summed E-state index contributed by atoms with van der Waals surface area (Å²) in [4.78, 5) is 34.8. The predicted molar refractivity (Wildman–Crippen MR) is 97.6 cm³/mol. The van der Waals surface area contributed by atoms with Gasteiger partial charge >= 0.3 is 6.03 Å². The van der Waals surface area contributed by atoms with E-state index in [0.29, 0.717) is 31.1 Å². The minimum atomic E-state index is -0.175. The zero-order chi connectivity index (χ0) is 18.3. The van der Waals surface area contributed by atoms with Gasteiger partial charge in [-0.2, -0.15) is 0 Å². The molecule has 3 amide bonds. The minimum absolute atomic E-state index is 0.0192. The molecule has 2 aliphatic heterocycles. The highest BCUT2D eigenvalue weighted by Crippen LogP contribution is 2.27. The molecular weight excluding hydrogens is 330 g/mol. The van der Waals surface area contributed by atoms with Gasteiger partial charge in [-0.1, -0.05) is 13.8 Å². The van der Waals surface area contributed by atoms with E-state index in [0.717, 1.165) is 34.8 Å². The van der Waals surface area contributed by atoms with E-state index in [4.69, 9.17) is 0 Å². The fourth-order valence-electron chi connectivity index (χ4n) is 3.31. The molecule has 0 unspecified atom stereocenters. The van der Waals surface area contributed by atoms with Crippen LogP contribution < -0.4 is 10.6 Å². The second-order valence-electron chi connectivity index (χ2n) is 7.24. The van der Waals surface area contributed by atoms with Crippen molar-refractivity contribution >= 4 is 23.3 Å². The molecule has 0 atom stereocenters. The number of nitrogens with one attached hydrogen (secondary N) is 2. The summed E-state index contributed by atoms with van der Waals surface area (Å²) in [5.41, 5.74) is 4.33. The SMILES string of the molecule is CC(C)Cc1ncc2c(n1)CN(C(=O)Nc1ccc3c(c1)CC(=O)N3)C2. The van der Waals surface area contributed by atoms with E-state index in [1.807, 2.05) is 18.3 Å².